The molecule has 3 nitrogen and oxygen atoms in total. The molecule has 0 aromatic heterocycles. The Hall–Kier alpha value is -1.78. The third kappa shape index (κ3) is 4.85. The van der Waals surface area contributed by atoms with E-state index in [2.05, 4.69) is 31.3 Å². The fourth-order valence-electron chi connectivity index (χ4n) is 2.29. The van der Waals surface area contributed by atoms with E-state index in [1.165, 1.54) is 5.56 Å². The molecule has 0 aliphatic heterocycles. The Balaban J connectivity index is 1.92. The van der Waals surface area contributed by atoms with E-state index in [1.807, 2.05) is 42.7 Å². The molecule has 0 aliphatic rings. The molecule has 1 atom stereocenters. The Kier molecular flexibility index (Phi) is 6.25. The van der Waals surface area contributed by atoms with Crippen LogP contribution >= 0.6 is 11.8 Å². The standard InChI is InChI=1S/C19H24N2OS/c1-13(2)14-4-6-15(7-5-14)18(20)12-21-19(22)16-8-10-17(23-3)11-9-16/h4-11,13,18H,12,20H2,1-3H3,(H,21,22). The lowest BCUT2D eigenvalue weighted by Gasteiger charge is -2.14. The van der Waals surface area contributed by atoms with E-state index in [0.29, 0.717) is 18.0 Å². The number of carbonyl (C=O) groups excluding carboxylic acids is 1. The first-order chi connectivity index (χ1) is 11.0. The minimum Gasteiger partial charge on any atom is -0.350 e. The molecule has 0 radical (unpaired) electrons. The van der Waals surface area contributed by atoms with Crippen molar-refractivity contribution in [3.63, 3.8) is 0 Å². The maximum absolute atomic E-state index is 12.2. The Morgan fingerprint density at radius 3 is 2.13 bits per heavy atom. The Labute approximate surface area is 142 Å². The zero-order valence-electron chi connectivity index (χ0n) is 13.9. The van der Waals surface area contributed by atoms with Gasteiger partial charge in [0.15, 0.2) is 0 Å². The maximum atomic E-state index is 12.2. The predicted octanol–water partition coefficient (Wildman–Crippen LogP) is 3.96. The average molecular weight is 328 g/mol. The van der Waals surface area contributed by atoms with Crippen molar-refractivity contribution in [3.8, 4) is 0 Å². The highest BCUT2D eigenvalue weighted by Gasteiger charge is 2.10. The van der Waals surface area contributed by atoms with Crippen molar-refractivity contribution in [3.05, 3.63) is 65.2 Å². The van der Waals surface area contributed by atoms with Crippen LogP contribution in [-0.4, -0.2) is 18.7 Å². The molecule has 4 heteroatoms. The molecule has 0 aliphatic carbocycles. The molecule has 0 spiro atoms. The van der Waals surface area contributed by atoms with Crippen LogP contribution in [-0.2, 0) is 0 Å². The summed E-state index contributed by atoms with van der Waals surface area (Å²) in [5, 5.41) is 2.90. The van der Waals surface area contributed by atoms with Gasteiger partial charge in [0.2, 0.25) is 0 Å². The van der Waals surface area contributed by atoms with Gasteiger partial charge in [-0.1, -0.05) is 38.1 Å². The highest BCUT2D eigenvalue weighted by molar-refractivity contribution is 7.98. The number of hydrogen-bond donors (Lipinski definition) is 2. The molecule has 3 N–H and O–H groups in total. The van der Waals surface area contributed by atoms with Crippen LogP contribution in [0.3, 0.4) is 0 Å². The number of thioether (sulfide) groups is 1. The summed E-state index contributed by atoms with van der Waals surface area (Å²) in [4.78, 5) is 13.3. The summed E-state index contributed by atoms with van der Waals surface area (Å²) in [7, 11) is 0. The number of rotatable bonds is 6. The van der Waals surface area contributed by atoms with Crippen LogP contribution in [0.2, 0.25) is 0 Å². The second kappa shape index (κ2) is 8.18. The van der Waals surface area contributed by atoms with Gasteiger partial charge >= 0.3 is 0 Å². The lowest BCUT2D eigenvalue weighted by molar-refractivity contribution is 0.0951. The van der Waals surface area contributed by atoms with Gasteiger partial charge in [-0.2, -0.15) is 0 Å². The second-order valence-electron chi connectivity index (χ2n) is 5.87. The number of nitrogens with one attached hydrogen (secondary N) is 1. The van der Waals surface area contributed by atoms with Gasteiger partial charge in [-0.3, -0.25) is 4.79 Å². The van der Waals surface area contributed by atoms with Crippen molar-refractivity contribution < 1.29 is 4.79 Å². The normalized spacial score (nSPS) is 12.2. The topological polar surface area (TPSA) is 55.1 Å². The van der Waals surface area contributed by atoms with Gasteiger partial charge < -0.3 is 11.1 Å². The van der Waals surface area contributed by atoms with Crippen LogP contribution in [0.15, 0.2) is 53.4 Å². The van der Waals surface area contributed by atoms with Gasteiger partial charge in [0.25, 0.3) is 5.91 Å². The van der Waals surface area contributed by atoms with Crippen LogP contribution in [0.4, 0.5) is 0 Å². The summed E-state index contributed by atoms with van der Waals surface area (Å²) in [6, 6.07) is 15.7. The van der Waals surface area contributed by atoms with Crippen molar-refractivity contribution in [2.75, 3.05) is 12.8 Å². The molecule has 1 amide bonds. The Morgan fingerprint density at radius 2 is 1.61 bits per heavy atom. The molecule has 0 saturated heterocycles. The van der Waals surface area contributed by atoms with E-state index in [4.69, 9.17) is 5.73 Å². The first-order valence-electron chi connectivity index (χ1n) is 7.79. The highest BCUT2D eigenvalue weighted by atomic mass is 32.2. The Bertz CT molecular complexity index is 635. The quantitative estimate of drug-likeness (QED) is 0.789. The summed E-state index contributed by atoms with van der Waals surface area (Å²) in [6.45, 7) is 4.75. The lowest BCUT2D eigenvalue weighted by atomic mass is 9.99. The molecule has 0 bridgehead atoms. The lowest BCUT2D eigenvalue weighted by Crippen LogP contribution is -2.31. The third-order valence-corrected chi connectivity index (χ3v) is 4.61. The van der Waals surface area contributed by atoms with Crippen LogP contribution in [0, 0.1) is 0 Å². The number of hydrogen-bond acceptors (Lipinski definition) is 3. The molecule has 122 valence electrons. The molecule has 0 saturated carbocycles. The third-order valence-electron chi connectivity index (χ3n) is 3.87. The number of nitrogens with two attached hydrogens (primary N) is 1. The fourth-order valence-corrected chi connectivity index (χ4v) is 2.70. The van der Waals surface area contributed by atoms with Gasteiger partial charge in [0, 0.05) is 23.0 Å². The van der Waals surface area contributed by atoms with E-state index in [0.717, 1.165) is 10.5 Å². The summed E-state index contributed by atoms with van der Waals surface area (Å²) < 4.78 is 0. The molecule has 0 heterocycles. The van der Waals surface area contributed by atoms with Crippen molar-refractivity contribution in [1.29, 1.82) is 0 Å². The van der Waals surface area contributed by atoms with E-state index < -0.39 is 0 Å². The maximum Gasteiger partial charge on any atom is 0.251 e. The van der Waals surface area contributed by atoms with Gasteiger partial charge in [-0.15, -0.1) is 11.8 Å². The smallest absolute Gasteiger partial charge is 0.251 e. The first-order valence-corrected chi connectivity index (χ1v) is 9.01. The molecular weight excluding hydrogens is 304 g/mol. The molecule has 2 rings (SSSR count). The van der Waals surface area contributed by atoms with E-state index >= 15 is 0 Å². The number of amides is 1. The molecule has 2 aromatic carbocycles. The van der Waals surface area contributed by atoms with Crippen molar-refractivity contribution in [2.24, 2.45) is 5.73 Å². The minimum absolute atomic E-state index is 0.0908. The van der Waals surface area contributed by atoms with Crippen molar-refractivity contribution >= 4 is 17.7 Å². The molecular formula is C19H24N2OS. The van der Waals surface area contributed by atoms with Gasteiger partial charge in [0.05, 0.1) is 0 Å². The molecule has 2 aromatic rings. The fraction of sp³-hybridized carbons (Fsp3) is 0.316. The zero-order valence-corrected chi connectivity index (χ0v) is 14.7. The first kappa shape index (κ1) is 17.6. The molecule has 0 fully saturated rings. The molecule has 1 unspecified atom stereocenters. The summed E-state index contributed by atoms with van der Waals surface area (Å²) >= 11 is 1.66. The van der Waals surface area contributed by atoms with Crippen LogP contribution in [0.1, 0.15) is 47.3 Å². The average Bonchev–Trinajstić information content (AvgIpc) is 2.59. The second-order valence-corrected chi connectivity index (χ2v) is 6.75. The minimum atomic E-state index is -0.203. The zero-order chi connectivity index (χ0) is 16.8. The summed E-state index contributed by atoms with van der Waals surface area (Å²) in [5.41, 5.74) is 9.16. The van der Waals surface area contributed by atoms with E-state index in [1.54, 1.807) is 11.8 Å². The Morgan fingerprint density at radius 1 is 1.04 bits per heavy atom. The largest absolute Gasteiger partial charge is 0.350 e. The van der Waals surface area contributed by atoms with Crippen LogP contribution in [0.25, 0.3) is 0 Å². The van der Waals surface area contributed by atoms with Crippen molar-refractivity contribution in [1.82, 2.24) is 5.32 Å². The van der Waals surface area contributed by atoms with E-state index in [9.17, 15) is 4.79 Å². The van der Waals surface area contributed by atoms with Crippen molar-refractivity contribution in [2.45, 2.75) is 30.7 Å². The van der Waals surface area contributed by atoms with Crippen LogP contribution < -0.4 is 11.1 Å². The van der Waals surface area contributed by atoms with Gasteiger partial charge in [-0.25, -0.2) is 0 Å². The van der Waals surface area contributed by atoms with E-state index in [-0.39, 0.29) is 11.9 Å². The van der Waals surface area contributed by atoms with Crippen LogP contribution in [0.5, 0.6) is 0 Å². The highest BCUT2D eigenvalue weighted by Crippen LogP contribution is 2.18. The summed E-state index contributed by atoms with van der Waals surface area (Å²) in [5.74, 6) is 0.413. The molecule has 23 heavy (non-hydrogen) atoms. The SMILES string of the molecule is CSc1ccc(C(=O)NCC(N)c2ccc(C(C)C)cc2)cc1. The number of carbonyl (C=O) groups is 1. The summed E-state index contributed by atoms with van der Waals surface area (Å²) in [6.07, 6.45) is 2.01. The predicted molar refractivity (Wildman–Crippen MR) is 98.0 cm³/mol. The van der Waals surface area contributed by atoms with Gasteiger partial charge in [-0.05, 0) is 47.6 Å². The van der Waals surface area contributed by atoms with Gasteiger partial charge in [0.1, 0.15) is 0 Å². The monoisotopic (exact) mass is 328 g/mol. The number of benzene rings is 2.